The Hall–Kier alpha value is -14.0. The summed E-state index contributed by atoms with van der Waals surface area (Å²) in [4.78, 5) is 0. The van der Waals surface area contributed by atoms with Crippen molar-refractivity contribution in [1.82, 2.24) is 0 Å². The van der Waals surface area contributed by atoms with Crippen molar-refractivity contribution in [1.29, 1.82) is 0 Å². The average molecular weight is 1420 g/mol. The molecule has 20 rings (SSSR count). The maximum Gasteiger partial charge on any atom is 0.194 e. The zero-order valence-corrected chi connectivity index (χ0v) is 60.1. The molecular formula is C105H70F4O. The lowest BCUT2D eigenvalue weighted by Crippen LogP contribution is -1.95. The predicted octanol–water partition coefficient (Wildman–Crippen LogP) is 29.9. The molecule has 5 heteroatoms. The first-order chi connectivity index (χ1) is 54.3. The Morgan fingerprint density at radius 1 is 0.164 bits per heavy atom. The van der Waals surface area contributed by atoms with Crippen LogP contribution in [0, 0.1) is 23.3 Å². The highest BCUT2D eigenvalue weighted by Gasteiger charge is 2.23. The van der Waals surface area contributed by atoms with Crippen LogP contribution in [0.4, 0.5) is 17.6 Å². The van der Waals surface area contributed by atoms with Gasteiger partial charge in [0, 0.05) is 0 Å². The Balaban J connectivity index is 0.000000107. The van der Waals surface area contributed by atoms with E-state index in [-0.39, 0.29) is 5.82 Å². The van der Waals surface area contributed by atoms with Crippen LogP contribution in [-0.2, 0) is 0 Å². The van der Waals surface area contributed by atoms with Gasteiger partial charge in [-0.3, -0.25) is 0 Å². The summed E-state index contributed by atoms with van der Waals surface area (Å²) >= 11 is 0. The van der Waals surface area contributed by atoms with E-state index in [0.717, 1.165) is 61.7 Å². The van der Waals surface area contributed by atoms with Crippen LogP contribution in [0.3, 0.4) is 0 Å². The SMILES string of the molecule is COc1ccc(-c2c3ccccc3c(-c3ccccc3)c3ccccc23)cc1.Fc1cc(-c2c3ccccc3c(-c3ccccc3)c3ccccc23)cc(F)c1F.Fc1ccc(-c2c3ccccc3c(-c3ccccc3)c3ccccc23)cc1.c1ccc(-c2c3ccccc3c(-c3ccccc3)c3ccccc23)cc1. The fourth-order valence-electron chi connectivity index (χ4n) is 16.1. The van der Waals surface area contributed by atoms with Crippen molar-refractivity contribution in [2.45, 2.75) is 0 Å². The fraction of sp³-hybridized carbons (Fsp3) is 0.00952. The molecule has 0 saturated carbocycles. The molecule has 0 aliphatic heterocycles. The molecule has 20 aromatic rings. The first kappa shape index (κ1) is 69.1. The average Bonchev–Trinajstić information content (AvgIpc) is 0.756. The summed E-state index contributed by atoms with van der Waals surface area (Å²) in [5.74, 6) is -3.18. The highest BCUT2D eigenvalue weighted by Crippen LogP contribution is 2.49. The molecule has 0 heterocycles. The van der Waals surface area contributed by atoms with Gasteiger partial charge >= 0.3 is 0 Å². The van der Waals surface area contributed by atoms with Gasteiger partial charge in [-0.05, 0) is 212 Å². The number of hydrogen-bond acceptors (Lipinski definition) is 1. The molecule has 0 bridgehead atoms. The molecule has 0 atom stereocenters. The third-order valence-electron chi connectivity index (χ3n) is 20.8. The quantitative estimate of drug-likeness (QED) is 0.0795. The van der Waals surface area contributed by atoms with Gasteiger partial charge in [0.2, 0.25) is 0 Å². The van der Waals surface area contributed by atoms with Gasteiger partial charge in [-0.25, -0.2) is 17.6 Å². The van der Waals surface area contributed by atoms with Crippen molar-refractivity contribution >= 4 is 86.2 Å². The van der Waals surface area contributed by atoms with E-state index in [1.165, 1.54) is 132 Å². The van der Waals surface area contributed by atoms with Crippen LogP contribution in [0.25, 0.3) is 175 Å². The molecule has 0 radical (unpaired) electrons. The molecule has 524 valence electrons. The summed E-state index contributed by atoms with van der Waals surface area (Å²) in [7, 11) is 1.70. The van der Waals surface area contributed by atoms with Crippen LogP contribution in [0.1, 0.15) is 0 Å². The maximum atomic E-state index is 14.1. The number of benzene rings is 20. The Morgan fingerprint density at radius 3 is 0.500 bits per heavy atom. The standard InChI is InChI=1S/C27H20O.C26H15F3.C26H17F.C26H18/c1-28-21-17-15-20(16-18-21)27-24-13-7-5-11-22(24)26(19-9-3-2-4-10-19)23-12-6-8-14-25(23)27;27-22-14-17(15-23(28)26(22)29)25-20-12-6-4-10-18(20)24(16-8-2-1-3-9-16)19-11-5-7-13-21(19)25;27-20-16-14-19(15-17-20)26-23-12-6-4-10-21(23)25(18-8-2-1-3-9-18)22-11-5-7-13-24(22)26;1-3-11-19(12-4-1)25-21-15-7-9-17-23(21)26(20-13-5-2-6-14-20)24-18-10-8-16-22(24)25/h2-18H,1H3;1-15H;1-17H;1-18H. The van der Waals surface area contributed by atoms with Crippen molar-refractivity contribution < 1.29 is 22.3 Å². The van der Waals surface area contributed by atoms with E-state index < -0.39 is 17.5 Å². The number of hydrogen-bond donors (Lipinski definition) is 0. The largest absolute Gasteiger partial charge is 0.497 e. The van der Waals surface area contributed by atoms with Crippen LogP contribution in [0.2, 0.25) is 0 Å². The monoisotopic (exact) mass is 1420 g/mol. The Labute approximate surface area is 636 Å². The second kappa shape index (κ2) is 30.8. The molecule has 0 spiro atoms. The van der Waals surface area contributed by atoms with E-state index in [2.05, 4.69) is 273 Å². The summed E-state index contributed by atoms with van der Waals surface area (Å²) in [6, 6.07) is 137. The lowest BCUT2D eigenvalue weighted by Gasteiger charge is -2.17. The molecule has 0 aliphatic rings. The fourth-order valence-corrected chi connectivity index (χ4v) is 16.1. The third kappa shape index (κ3) is 13.2. The van der Waals surface area contributed by atoms with Gasteiger partial charge in [-0.15, -0.1) is 0 Å². The van der Waals surface area contributed by atoms with Gasteiger partial charge in [0.25, 0.3) is 0 Å². The zero-order chi connectivity index (χ0) is 74.4. The minimum atomic E-state index is -1.46. The maximum absolute atomic E-state index is 14.1. The van der Waals surface area contributed by atoms with Crippen molar-refractivity contribution in [2.75, 3.05) is 7.11 Å². The minimum Gasteiger partial charge on any atom is -0.497 e. The smallest absolute Gasteiger partial charge is 0.194 e. The molecule has 0 aromatic heterocycles. The summed E-state index contributed by atoms with van der Waals surface area (Å²) in [6.45, 7) is 0. The first-order valence-electron chi connectivity index (χ1n) is 36.8. The molecule has 1 nitrogen and oxygen atoms in total. The lowest BCUT2D eigenvalue weighted by molar-refractivity contribution is 0.415. The highest BCUT2D eigenvalue weighted by molar-refractivity contribution is 6.25. The molecular weight excluding hydrogens is 1350 g/mol. The Bertz CT molecular complexity index is 6400. The highest BCUT2D eigenvalue weighted by atomic mass is 19.2. The molecule has 0 N–H and O–H groups in total. The first-order valence-corrected chi connectivity index (χ1v) is 36.8. The Kier molecular flexibility index (Phi) is 19.4. The van der Waals surface area contributed by atoms with Crippen LogP contribution in [0.5, 0.6) is 5.75 Å². The van der Waals surface area contributed by atoms with Crippen molar-refractivity contribution in [2.24, 2.45) is 0 Å². The predicted molar refractivity (Wildman–Crippen MR) is 456 cm³/mol. The van der Waals surface area contributed by atoms with E-state index in [4.69, 9.17) is 4.74 Å². The van der Waals surface area contributed by atoms with Crippen LogP contribution >= 0.6 is 0 Å². The number of fused-ring (bicyclic) bond motifs is 8. The van der Waals surface area contributed by atoms with Crippen LogP contribution in [0.15, 0.2) is 406 Å². The summed E-state index contributed by atoms with van der Waals surface area (Å²) in [5, 5.41) is 18.7. The minimum absolute atomic E-state index is 0.215. The number of methoxy groups -OCH3 is 1. The van der Waals surface area contributed by atoms with E-state index in [1.54, 1.807) is 7.11 Å². The second-order valence-corrected chi connectivity index (χ2v) is 27.2. The van der Waals surface area contributed by atoms with Gasteiger partial charge in [-0.2, -0.15) is 0 Å². The molecule has 0 aliphatic carbocycles. The van der Waals surface area contributed by atoms with Gasteiger partial charge < -0.3 is 4.74 Å². The molecule has 0 fully saturated rings. The van der Waals surface area contributed by atoms with Crippen LogP contribution in [-0.4, -0.2) is 7.11 Å². The topological polar surface area (TPSA) is 9.23 Å². The van der Waals surface area contributed by atoms with E-state index in [0.29, 0.717) is 11.1 Å². The van der Waals surface area contributed by atoms with Crippen molar-refractivity contribution in [3.63, 3.8) is 0 Å². The Morgan fingerprint density at radius 2 is 0.318 bits per heavy atom. The lowest BCUT2D eigenvalue weighted by atomic mass is 9.86. The van der Waals surface area contributed by atoms with E-state index >= 15 is 0 Å². The molecule has 0 amide bonds. The van der Waals surface area contributed by atoms with Gasteiger partial charge in [-0.1, -0.05) is 370 Å². The van der Waals surface area contributed by atoms with Crippen molar-refractivity contribution in [3.8, 4) is 94.8 Å². The number of halogens is 4. The van der Waals surface area contributed by atoms with Gasteiger partial charge in [0.15, 0.2) is 17.5 Å². The van der Waals surface area contributed by atoms with Gasteiger partial charge in [0.1, 0.15) is 11.6 Å². The molecule has 0 unspecified atom stereocenters. The third-order valence-corrected chi connectivity index (χ3v) is 20.8. The molecule has 20 aromatic carbocycles. The zero-order valence-electron chi connectivity index (χ0n) is 60.1. The van der Waals surface area contributed by atoms with Gasteiger partial charge in [0.05, 0.1) is 7.11 Å². The normalized spacial score (nSPS) is 11.1. The number of rotatable bonds is 9. The molecule has 0 saturated heterocycles. The molecule has 110 heavy (non-hydrogen) atoms. The summed E-state index contributed by atoms with van der Waals surface area (Å²) < 4.78 is 60.6. The van der Waals surface area contributed by atoms with E-state index in [1.807, 2.05) is 109 Å². The number of ether oxygens (including phenoxy) is 1. The van der Waals surface area contributed by atoms with Crippen molar-refractivity contribution in [3.05, 3.63) is 430 Å². The summed E-state index contributed by atoms with van der Waals surface area (Å²) in [6.07, 6.45) is 0. The summed E-state index contributed by atoms with van der Waals surface area (Å²) in [5.41, 5.74) is 17.9. The van der Waals surface area contributed by atoms with E-state index in [9.17, 15) is 17.6 Å². The van der Waals surface area contributed by atoms with Crippen LogP contribution < -0.4 is 4.74 Å². The second-order valence-electron chi connectivity index (χ2n) is 27.2.